The van der Waals surface area contributed by atoms with Crippen LogP contribution in [0, 0.1) is 0 Å². The van der Waals surface area contributed by atoms with Gasteiger partial charge in [0.1, 0.15) is 0 Å². The molecule has 2 heterocycles. The topological polar surface area (TPSA) is 70.2 Å². The van der Waals surface area contributed by atoms with E-state index in [1.54, 1.807) is 7.05 Å². The third-order valence-electron chi connectivity index (χ3n) is 4.24. The van der Waals surface area contributed by atoms with Crippen molar-refractivity contribution in [2.24, 2.45) is 0 Å². The van der Waals surface area contributed by atoms with Gasteiger partial charge >= 0.3 is 0 Å². The molecule has 0 spiro atoms. The molecule has 6 heteroatoms. The molecular formula is C17H22N4O2. The van der Waals surface area contributed by atoms with Gasteiger partial charge in [0.2, 0.25) is 0 Å². The number of likely N-dealkylation sites (N-methyl/N-ethyl adjacent to an activating group) is 1. The van der Waals surface area contributed by atoms with Crippen molar-refractivity contribution in [3.05, 3.63) is 42.1 Å². The summed E-state index contributed by atoms with van der Waals surface area (Å²) in [5.41, 5.74) is 2.46. The summed E-state index contributed by atoms with van der Waals surface area (Å²) >= 11 is 0. The second kappa shape index (κ2) is 6.52. The average molecular weight is 314 g/mol. The number of aromatic amines is 1. The highest BCUT2D eigenvalue weighted by molar-refractivity contribution is 5.84. The Morgan fingerprint density at radius 3 is 2.96 bits per heavy atom. The van der Waals surface area contributed by atoms with Crippen LogP contribution in [0.1, 0.15) is 12.5 Å². The molecule has 2 N–H and O–H groups in total. The smallest absolute Gasteiger partial charge is 0.253 e. The molecule has 1 saturated heterocycles. The van der Waals surface area contributed by atoms with Crippen LogP contribution in [0.5, 0.6) is 0 Å². The van der Waals surface area contributed by atoms with Gasteiger partial charge in [-0.1, -0.05) is 30.3 Å². The van der Waals surface area contributed by atoms with E-state index in [4.69, 9.17) is 4.74 Å². The van der Waals surface area contributed by atoms with Crippen molar-refractivity contribution in [2.75, 3.05) is 26.7 Å². The largest absolute Gasteiger partial charge is 0.363 e. The first-order valence-electron chi connectivity index (χ1n) is 7.78. The second-order valence-corrected chi connectivity index (χ2v) is 6.01. The summed E-state index contributed by atoms with van der Waals surface area (Å²) in [6, 6.07) is 10.1. The quantitative estimate of drug-likeness (QED) is 0.895. The van der Waals surface area contributed by atoms with E-state index in [1.165, 1.54) is 0 Å². The van der Waals surface area contributed by atoms with Gasteiger partial charge in [0.25, 0.3) is 5.91 Å². The molecule has 122 valence electrons. The van der Waals surface area contributed by atoms with E-state index in [-0.39, 0.29) is 5.91 Å². The number of hydrogen-bond donors (Lipinski definition) is 2. The zero-order valence-corrected chi connectivity index (χ0v) is 13.5. The fraction of sp³-hybridized carbons (Fsp3) is 0.412. The molecule has 1 atom stereocenters. The van der Waals surface area contributed by atoms with Crippen LogP contribution < -0.4 is 5.32 Å². The molecule has 1 aromatic heterocycles. The van der Waals surface area contributed by atoms with Crippen LogP contribution in [-0.2, 0) is 16.1 Å². The predicted molar refractivity (Wildman–Crippen MR) is 87.7 cm³/mol. The number of ether oxygens (including phenoxy) is 1. The maximum absolute atomic E-state index is 12.0. The van der Waals surface area contributed by atoms with Crippen molar-refractivity contribution < 1.29 is 9.53 Å². The van der Waals surface area contributed by atoms with Crippen molar-refractivity contribution in [3.63, 3.8) is 0 Å². The molecule has 1 amide bonds. The highest BCUT2D eigenvalue weighted by atomic mass is 16.5. The van der Waals surface area contributed by atoms with E-state index < -0.39 is 5.60 Å². The zero-order chi connectivity index (χ0) is 16.3. The number of nitrogens with zero attached hydrogens (tertiary/aromatic N) is 2. The van der Waals surface area contributed by atoms with Crippen LogP contribution >= 0.6 is 0 Å². The molecule has 1 aliphatic rings. The molecule has 0 bridgehead atoms. The summed E-state index contributed by atoms with van der Waals surface area (Å²) in [6.07, 6.45) is 1.86. The Hall–Kier alpha value is -2.18. The molecule has 1 fully saturated rings. The highest BCUT2D eigenvalue weighted by Crippen LogP contribution is 2.24. The highest BCUT2D eigenvalue weighted by Gasteiger charge is 2.38. The number of morpholine rings is 1. The molecule has 0 saturated carbocycles. The molecule has 3 rings (SSSR count). The van der Waals surface area contributed by atoms with Crippen molar-refractivity contribution in [1.82, 2.24) is 20.4 Å². The monoisotopic (exact) mass is 314 g/mol. The lowest BCUT2D eigenvalue weighted by Gasteiger charge is -2.39. The lowest BCUT2D eigenvalue weighted by molar-refractivity contribution is -0.156. The minimum atomic E-state index is -0.802. The number of H-pyrrole nitrogens is 1. The van der Waals surface area contributed by atoms with Gasteiger partial charge in [-0.3, -0.25) is 14.8 Å². The van der Waals surface area contributed by atoms with Gasteiger partial charge in [-0.2, -0.15) is 5.10 Å². The third kappa shape index (κ3) is 3.28. The predicted octanol–water partition coefficient (Wildman–Crippen LogP) is 1.41. The SMILES string of the molecule is CNC(=O)C1(C)CN(Cc2cn[nH]c2-c2ccccc2)CCO1. The summed E-state index contributed by atoms with van der Waals surface area (Å²) < 4.78 is 5.71. The van der Waals surface area contributed by atoms with E-state index in [2.05, 4.69) is 32.5 Å². The van der Waals surface area contributed by atoms with E-state index in [0.29, 0.717) is 13.2 Å². The second-order valence-electron chi connectivity index (χ2n) is 6.01. The van der Waals surface area contributed by atoms with Crippen LogP contribution in [0.3, 0.4) is 0 Å². The van der Waals surface area contributed by atoms with Crippen LogP contribution in [0.25, 0.3) is 11.3 Å². The van der Waals surface area contributed by atoms with Crippen LogP contribution in [0.4, 0.5) is 0 Å². The molecule has 0 aliphatic carbocycles. The van der Waals surface area contributed by atoms with Gasteiger partial charge in [-0.15, -0.1) is 0 Å². The molecule has 1 unspecified atom stereocenters. The van der Waals surface area contributed by atoms with Gasteiger partial charge in [-0.05, 0) is 12.5 Å². The minimum absolute atomic E-state index is 0.0855. The Bertz CT molecular complexity index is 670. The first-order chi connectivity index (χ1) is 11.1. The molecule has 1 aliphatic heterocycles. The Morgan fingerprint density at radius 1 is 1.43 bits per heavy atom. The zero-order valence-electron chi connectivity index (χ0n) is 13.5. The maximum Gasteiger partial charge on any atom is 0.253 e. The number of rotatable bonds is 4. The molecule has 23 heavy (non-hydrogen) atoms. The fourth-order valence-corrected chi connectivity index (χ4v) is 3.01. The summed E-state index contributed by atoms with van der Waals surface area (Å²) in [5.74, 6) is -0.0855. The van der Waals surface area contributed by atoms with Gasteiger partial charge in [0, 0.05) is 32.2 Å². The lowest BCUT2D eigenvalue weighted by atomic mass is 10.0. The van der Waals surface area contributed by atoms with Gasteiger partial charge in [0.05, 0.1) is 18.5 Å². The molecule has 6 nitrogen and oxygen atoms in total. The summed E-state index contributed by atoms with van der Waals surface area (Å²) in [7, 11) is 1.64. The van der Waals surface area contributed by atoms with Crippen molar-refractivity contribution >= 4 is 5.91 Å². The number of carbonyl (C=O) groups is 1. The minimum Gasteiger partial charge on any atom is -0.363 e. The van der Waals surface area contributed by atoms with Gasteiger partial charge < -0.3 is 10.1 Å². The maximum atomic E-state index is 12.0. The van der Waals surface area contributed by atoms with Gasteiger partial charge in [-0.25, -0.2) is 0 Å². The Kier molecular flexibility index (Phi) is 4.45. The van der Waals surface area contributed by atoms with Gasteiger partial charge in [0.15, 0.2) is 5.60 Å². The van der Waals surface area contributed by atoms with E-state index in [0.717, 1.165) is 29.9 Å². The average Bonchev–Trinajstić information content (AvgIpc) is 3.03. The summed E-state index contributed by atoms with van der Waals surface area (Å²) in [4.78, 5) is 14.3. The van der Waals surface area contributed by atoms with Crippen molar-refractivity contribution in [2.45, 2.75) is 19.1 Å². The number of carbonyl (C=O) groups excluding carboxylic acids is 1. The van der Waals surface area contributed by atoms with Crippen LogP contribution in [-0.4, -0.2) is 53.3 Å². The van der Waals surface area contributed by atoms with E-state index in [1.807, 2.05) is 31.3 Å². The van der Waals surface area contributed by atoms with Crippen LogP contribution in [0.15, 0.2) is 36.5 Å². The number of benzene rings is 1. The normalized spacial score (nSPS) is 22.0. The molecule has 0 radical (unpaired) electrons. The fourth-order valence-electron chi connectivity index (χ4n) is 3.01. The van der Waals surface area contributed by atoms with Crippen LogP contribution in [0.2, 0.25) is 0 Å². The lowest BCUT2D eigenvalue weighted by Crippen LogP contribution is -2.57. The number of nitrogens with one attached hydrogen (secondary N) is 2. The van der Waals surface area contributed by atoms with E-state index in [9.17, 15) is 4.79 Å². The Balaban J connectivity index is 1.76. The molecule has 1 aromatic carbocycles. The number of hydrogen-bond acceptors (Lipinski definition) is 4. The summed E-state index contributed by atoms with van der Waals surface area (Å²) in [5, 5.41) is 9.95. The standard InChI is InChI=1S/C17H22N4O2/c1-17(16(22)18-2)12-21(8-9-23-17)11-14-10-19-20-15(14)13-6-4-3-5-7-13/h3-7,10H,8-9,11-12H2,1-2H3,(H,18,22)(H,19,20). The molecule has 2 aromatic rings. The first-order valence-corrected chi connectivity index (χ1v) is 7.78. The Labute approximate surface area is 135 Å². The number of amides is 1. The Morgan fingerprint density at radius 2 is 2.22 bits per heavy atom. The van der Waals surface area contributed by atoms with Crippen molar-refractivity contribution in [3.8, 4) is 11.3 Å². The molecular weight excluding hydrogens is 292 g/mol. The number of aromatic nitrogens is 2. The summed E-state index contributed by atoms with van der Waals surface area (Å²) in [6.45, 7) is 4.47. The van der Waals surface area contributed by atoms with Crippen molar-refractivity contribution in [1.29, 1.82) is 0 Å². The third-order valence-corrected chi connectivity index (χ3v) is 4.24. The first kappa shape index (κ1) is 15.7. The van der Waals surface area contributed by atoms with E-state index >= 15 is 0 Å².